The highest BCUT2D eigenvalue weighted by atomic mass is 16.4. The summed E-state index contributed by atoms with van der Waals surface area (Å²) in [5.74, 6) is -0.850. The summed E-state index contributed by atoms with van der Waals surface area (Å²) in [6.45, 7) is 5.32. The summed E-state index contributed by atoms with van der Waals surface area (Å²) in [5.41, 5.74) is -0.913. The van der Waals surface area contributed by atoms with Crippen molar-refractivity contribution in [2.24, 2.45) is 4.99 Å². The van der Waals surface area contributed by atoms with Gasteiger partial charge in [0.1, 0.15) is 0 Å². The lowest BCUT2D eigenvalue weighted by Crippen LogP contribution is -2.32. The van der Waals surface area contributed by atoms with Crippen molar-refractivity contribution in [2.75, 3.05) is 0 Å². The fourth-order valence-corrected chi connectivity index (χ4v) is 0.998. The lowest BCUT2D eigenvalue weighted by Gasteiger charge is -2.18. The van der Waals surface area contributed by atoms with E-state index in [0.717, 1.165) is 6.42 Å². The molecule has 11 heavy (non-hydrogen) atoms. The number of aliphatic imine (C=N–C) groups is 1. The largest absolute Gasteiger partial charge is 0.479 e. The molecular weight excluding hydrogens is 142 g/mol. The monoisotopic (exact) mass is 157 g/mol. The minimum Gasteiger partial charge on any atom is -0.479 e. The van der Waals surface area contributed by atoms with Crippen molar-refractivity contribution in [1.29, 1.82) is 0 Å². The summed E-state index contributed by atoms with van der Waals surface area (Å²) < 4.78 is 0. The van der Waals surface area contributed by atoms with Crippen LogP contribution in [0.25, 0.3) is 0 Å². The molecule has 0 fully saturated rings. The van der Waals surface area contributed by atoms with Crippen LogP contribution in [0.5, 0.6) is 0 Å². The predicted molar refractivity (Wildman–Crippen MR) is 45.1 cm³/mol. The highest BCUT2D eigenvalue weighted by Gasteiger charge is 2.30. The number of carboxylic acid groups (broad SMARTS) is 1. The topological polar surface area (TPSA) is 49.7 Å². The van der Waals surface area contributed by atoms with Gasteiger partial charge in [-0.2, -0.15) is 0 Å². The van der Waals surface area contributed by atoms with E-state index in [0.29, 0.717) is 6.42 Å². The molecule has 64 valence electrons. The first-order chi connectivity index (χ1) is 5.06. The number of hydrogen-bond donors (Lipinski definition) is 1. The van der Waals surface area contributed by atoms with E-state index >= 15 is 0 Å². The summed E-state index contributed by atoms with van der Waals surface area (Å²) in [7, 11) is 0. The Morgan fingerprint density at radius 2 is 2.27 bits per heavy atom. The van der Waals surface area contributed by atoms with Gasteiger partial charge in [-0.25, -0.2) is 4.79 Å². The molecule has 1 atom stereocenters. The van der Waals surface area contributed by atoms with Gasteiger partial charge in [-0.15, -0.1) is 0 Å². The van der Waals surface area contributed by atoms with Gasteiger partial charge >= 0.3 is 5.97 Å². The third kappa shape index (κ3) is 2.70. The first-order valence-corrected chi connectivity index (χ1v) is 3.80. The van der Waals surface area contributed by atoms with Gasteiger partial charge in [0.05, 0.1) is 0 Å². The Bertz CT molecular complexity index is 165. The standard InChI is InChI=1S/C8H15NO2/c1-4-6-8(3,7(10)11)9-5-2/h5H,4,6H2,1-3H3,(H,10,11). The number of nitrogens with zero attached hydrogens (tertiary/aromatic N) is 1. The molecule has 3 nitrogen and oxygen atoms in total. The Morgan fingerprint density at radius 3 is 2.55 bits per heavy atom. The molecule has 0 heterocycles. The molecule has 0 aromatic rings. The van der Waals surface area contributed by atoms with E-state index in [1.807, 2.05) is 6.92 Å². The Labute approximate surface area is 67.1 Å². The van der Waals surface area contributed by atoms with E-state index < -0.39 is 11.5 Å². The van der Waals surface area contributed by atoms with Crippen molar-refractivity contribution < 1.29 is 9.90 Å². The fourth-order valence-electron chi connectivity index (χ4n) is 0.998. The van der Waals surface area contributed by atoms with Crippen LogP contribution >= 0.6 is 0 Å². The third-order valence-corrected chi connectivity index (χ3v) is 1.61. The zero-order valence-electron chi connectivity index (χ0n) is 7.29. The van der Waals surface area contributed by atoms with E-state index in [1.54, 1.807) is 20.1 Å². The number of rotatable bonds is 4. The van der Waals surface area contributed by atoms with E-state index in [1.165, 1.54) is 0 Å². The molecule has 3 heteroatoms. The summed E-state index contributed by atoms with van der Waals surface area (Å²) in [4.78, 5) is 14.6. The normalized spacial score (nSPS) is 16.6. The summed E-state index contributed by atoms with van der Waals surface area (Å²) in [6, 6.07) is 0. The van der Waals surface area contributed by atoms with E-state index in [4.69, 9.17) is 5.11 Å². The number of aliphatic carboxylic acids is 1. The number of hydrogen-bond acceptors (Lipinski definition) is 2. The first kappa shape index (κ1) is 10.1. The average Bonchev–Trinajstić information content (AvgIpc) is 1.88. The Hall–Kier alpha value is -0.860. The first-order valence-electron chi connectivity index (χ1n) is 3.80. The zero-order chi connectivity index (χ0) is 8.91. The number of carbonyl (C=O) groups is 1. The quantitative estimate of drug-likeness (QED) is 0.632. The molecule has 0 saturated heterocycles. The molecule has 0 saturated carbocycles. The van der Waals surface area contributed by atoms with Gasteiger partial charge < -0.3 is 5.11 Å². The molecule has 0 amide bonds. The minimum atomic E-state index is -0.913. The third-order valence-electron chi connectivity index (χ3n) is 1.61. The molecule has 0 aliphatic heterocycles. The summed E-state index contributed by atoms with van der Waals surface area (Å²) >= 11 is 0. The second-order valence-corrected chi connectivity index (χ2v) is 2.72. The fraction of sp³-hybridized carbons (Fsp3) is 0.750. The SMILES string of the molecule is CC=NC(C)(CCC)C(=O)O. The van der Waals surface area contributed by atoms with Crippen molar-refractivity contribution in [3.8, 4) is 0 Å². The van der Waals surface area contributed by atoms with Crippen LogP contribution in [0, 0.1) is 0 Å². The van der Waals surface area contributed by atoms with Gasteiger partial charge in [-0.1, -0.05) is 13.3 Å². The Morgan fingerprint density at radius 1 is 1.73 bits per heavy atom. The van der Waals surface area contributed by atoms with Crippen LogP contribution in [0.3, 0.4) is 0 Å². The zero-order valence-corrected chi connectivity index (χ0v) is 7.29. The van der Waals surface area contributed by atoms with Crippen LogP contribution in [-0.2, 0) is 4.79 Å². The maximum absolute atomic E-state index is 10.7. The molecule has 0 radical (unpaired) electrons. The minimum absolute atomic E-state index is 0.590. The van der Waals surface area contributed by atoms with Gasteiger partial charge in [-0.05, 0) is 26.5 Å². The molecule has 0 aromatic carbocycles. The van der Waals surface area contributed by atoms with E-state index in [-0.39, 0.29) is 0 Å². The average molecular weight is 157 g/mol. The highest BCUT2D eigenvalue weighted by molar-refractivity contribution is 5.80. The van der Waals surface area contributed by atoms with Crippen molar-refractivity contribution in [1.82, 2.24) is 0 Å². The second kappa shape index (κ2) is 4.11. The maximum atomic E-state index is 10.7. The van der Waals surface area contributed by atoms with Crippen molar-refractivity contribution in [3.05, 3.63) is 0 Å². The summed E-state index contributed by atoms with van der Waals surface area (Å²) in [6.07, 6.45) is 2.97. The molecule has 1 unspecified atom stereocenters. The molecular formula is C8H15NO2. The van der Waals surface area contributed by atoms with Gasteiger partial charge in [-0.3, -0.25) is 4.99 Å². The molecule has 0 aliphatic rings. The molecule has 0 spiro atoms. The molecule has 1 N–H and O–H groups in total. The smallest absolute Gasteiger partial charge is 0.331 e. The lowest BCUT2D eigenvalue weighted by atomic mass is 9.97. The van der Waals surface area contributed by atoms with Crippen molar-refractivity contribution >= 4 is 12.2 Å². The van der Waals surface area contributed by atoms with Gasteiger partial charge in [0, 0.05) is 0 Å². The molecule has 0 bridgehead atoms. The lowest BCUT2D eigenvalue weighted by molar-refractivity contribution is -0.142. The molecule has 0 rings (SSSR count). The van der Waals surface area contributed by atoms with E-state index in [2.05, 4.69) is 4.99 Å². The van der Waals surface area contributed by atoms with Crippen LogP contribution in [0.1, 0.15) is 33.6 Å². The van der Waals surface area contributed by atoms with Crippen LogP contribution in [-0.4, -0.2) is 22.8 Å². The van der Waals surface area contributed by atoms with Gasteiger partial charge in [0.25, 0.3) is 0 Å². The van der Waals surface area contributed by atoms with E-state index in [9.17, 15) is 4.79 Å². The van der Waals surface area contributed by atoms with Crippen LogP contribution in [0.4, 0.5) is 0 Å². The predicted octanol–water partition coefficient (Wildman–Crippen LogP) is 1.72. The molecule has 0 aliphatic carbocycles. The second-order valence-electron chi connectivity index (χ2n) is 2.72. The van der Waals surface area contributed by atoms with Gasteiger partial charge in [0.15, 0.2) is 5.54 Å². The van der Waals surface area contributed by atoms with Gasteiger partial charge in [0.2, 0.25) is 0 Å². The number of carboxylic acids is 1. The van der Waals surface area contributed by atoms with Crippen LogP contribution < -0.4 is 0 Å². The van der Waals surface area contributed by atoms with Crippen molar-refractivity contribution in [3.63, 3.8) is 0 Å². The highest BCUT2D eigenvalue weighted by Crippen LogP contribution is 2.16. The Kier molecular flexibility index (Phi) is 3.79. The summed E-state index contributed by atoms with van der Waals surface area (Å²) in [5, 5.41) is 8.78. The maximum Gasteiger partial charge on any atom is 0.331 e. The van der Waals surface area contributed by atoms with Crippen molar-refractivity contribution in [2.45, 2.75) is 39.2 Å². The molecule has 0 aromatic heterocycles. The van der Waals surface area contributed by atoms with Crippen LogP contribution in [0.15, 0.2) is 4.99 Å². The Balaban J connectivity index is 4.38. The van der Waals surface area contributed by atoms with Crippen LogP contribution in [0.2, 0.25) is 0 Å².